The molecule has 0 bridgehead atoms. The van der Waals surface area contributed by atoms with Gasteiger partial charge in [0.15, 0.2) is 0 Å². The molecule has 0 saturated heterocycles. The molecule has 3 nitrogen and oxygen atoms in total. The second-order valence-electron chi connectivity index (χ2n) is 3.59. The van der Waals surface area contributed by atoms with Crippen molar-refractivity contribution < 1.29 is 10.0 Å². The van der Waals surface area contributed by atoms with Crippen molar-refractivity contribution in [3.63, 3.8) is 0 Å². The van der Waals surface area contributed by atoms with Gasteiger partial charge in [-0.3, -0.25) is 0 Å². The Kier molecular flexibility index (Phi) is 2.48. The molecule has 0 atom stereocenters. The number of fused-ring (bicyclic) bond motifs is 1. The van der Waals surface area contributed by atoms with E-state index in [1.165, 1.54) is 11.3 Å². The van der Waals surface area contributed by atoms with Crippen LogP contribution in [0.1, 0.15) is 12.5 Å². The molecule has 0 radical (unpaired) electrons. The number of rotatable bonds is 2. The van der Waals surface area contributed by atoms with Gasteiger partial charge < -0.3 is 14.9 Å². The van der Waals surface area contributed by atoms with E-state index < -0.39 is 7.12 Å². The lowest BCUT2D eigenvalue weighted by atomic mass is 9.79. The Morgan fingerprint density at radius 1 is 1.43 bits per heavy atom. The molecule has 74 valence electrons. The molecular formula is C10H14BNO2. The Morgan fingerprint density at radius 3 is 2.86 bits per heavy atom. The first-order valence-corrected chi connectivity index (χ1v) is 4.96. The average molecular weight is 191 g/mol. The van der Waals surface area contributed by atoms with Crippen LogP contribution in [0.5, 0.6) is 0 Å². The fourth-order valence-corrected chi connectivity index (χ4v) is 1.98. The summed E-state index contributed by atoms with van der Waals surface area (Å²) in [5.74, 6) is 0. The lowest BCUT2D eigenvalue weighted by molar-refractivity contribution is 0.426. The highest BCUT2D eigenvalue weighted by atomic mass is 16.4. The molecule has 2 N–H and O–H groups in total. The van der Waals surface area contributed by atoms with Crippen LogP contribution >= 0.6 is 0 Å². The molecular weight excluding hydrogens is 177 g/mol. The van der Waals surface area contributed by atoms with Crippen molar-refractivity contribution in [1.82, 2.24) is 0 Å². The number of anilines is 1. The summed E-state index contributed by atoms with van der Waals surface area (Å²) < 4.78 is 0. The summed E-state index contributed by atoms with van der Waals surface area (Å²) >= 11 is 0. The maximum atomic E-state index is 9.02. The van der Waals surface area contributed by atoms with Crippen LogP contribution in [0.15, 0.2) is 18.2 Å². The number of hydrogen-bond donors (Lipinski definition) is 2. The molecule has 14 heavy (non-hydrogen) atoms. The minimum absolute atomic E-state index is 0.585. The summed E-state index contributed by atoms with van der Waals surface area (Å²) in [4.78, 5) is 2.29. The van der Waals surface area contributed by atoms with Gasteiger partial charge >= 0.3 is 7.12 Å². The molecule has 4 heteroatoms. The minimum Gasteiger partial charge on any atom is -0.423 e. The molecule has 1 heterocycles. The zero-order chi connectivity index (χ0) is 10.1. The molecule has 1 aliphatic rings. The van der Waals surface area contributed by atoms with Crippen LogP contribution in [0, 0.1) is 0 Å². The van der Waals surface area contributed by atoms with Gasteiger partial charge in [-0.15, -0.1) is 0 Å². The number of likely N-dealkylation sites (N-methyl/N-ethyl adjacent to an activating group) is 1. The van der Waals surface area contributed by atoms with Gasteiger partial charge in [-0.25, -0.2) is 0 Å². The molecule has 0 fully saturated rings. The molecule has 1 aromatic carbocycles. The van der Waals surface area contributed by atoms with Crippen LogP contribution in [0.3, 0.4) is 0 Å². The Bertz CT molecular complexity index is 341. The van der Waals surface area contributed by atoms with E-state index in [9.17, 15) is 0 Å². The van der Waals surface area contributed by atoms with Crippen molar-refractivity contribution in [1.29, 1.82) is 0 Å². The third-order valence-corrected chi connectivity index (χ3v) is 2.78. The third kappa shape index (κ3) is 1.51. The first kappa shape index (κ1) is 9.56. The van der Waals surface area contributed by atoms with Gasteiger partial charge in [-0.2, -0.15) is 0 Å². The summed E-state index contributed by atoms with van der Waals surface area (Å²) in [6.07, 6.45) is 1.00. The van der Waals surface area contributed by atoms with Crippen molar-refractivity contribution in [3.05, 3.63) is 23.8 Å². The minimum atomic E-state index is -1.35. The normalized spacial score (nSPS) is 14.4. The molecule has 0 aliphatic carbocycles. The van der Waals surface area contributed by atoms with Crippen LogP contribution in [0.2, 0.25) is 0 Å². The molecule has 0 amide bonds. The van der Waals surface area contributed by atoms with Crippen LogP contribution in [0.25, 0.3) is 0 Å². The highest BCUT2D eigenvalue weighted by molar-refractivity contribution is 6.58. The van der Waals surface area contributed by atoms with Crippen molar-refractivity contribution >= 4 is 18.3 Å². The standard InChI is InChI=1S/C10H14BNO2/c1-2-12-6-5-8-7-9(11(13)14)3-4-10(8)12/h3-4,7,13-14H,2,5-6H2,1H3. The van der Waals surface area contributed by atoms with Gasteiger partial charge in [-0.1, -0.05) is 12.1 Å². The zero-order valence-corrected chi connectivity index (χ0v) is 8.27. The second-order valence-corrected chi connectivity index (χ2v) is 3.59. The lowest BCUT2D eigenvalue weighted by Crippen LogP contribution is -2.30. The SMILES string of the molecule is CCN1CCc2cc(B(O)O)ccc21. The van der Waals surface area contributed by atoms with Crippen LogP contribution in [-0.2, 0) is 6.42 Å². The molecule has 2 rings (SSSR count). The molecule has 0 saturated carbocycles. The molecule has 1 aliphatic heterocycles. The number of hydrogen-bond acceptors (Lipinski definition) is 3. The van der Waals surface area contributed by atoms with Crippen molar-refractivity contribution in [3.8, 4) is 0 Å². The zero-order valence-electron chi connectivity index (χ0n) is 8.27. The van der Waals surface area contributed by atoms with Gasteiger partial charge in [0, 0.05) is 18.8 Å². The predicted molar refractivity (Wildman–Crippen MR) is 57.9 cm³/mol. The van der Waals surface area contributed by atoms with E-state index in [1.54, 1.807) is 6.07 Å². The first-order chi connectivity index (χ1) is 6.72. The van der Waals surface area contributed by atoms with Gasteiger partial charge in [0.05, 0.1) is 0 Å². The summed E-state index contributed by atoms with van der Waals surface area (Å²) in [5.41, 5.74) is 3.04. The van der Waals surface area contributed by atoms with E-state index >= 15 is 0 Å². The highest BCUT2D eigenvalue weighted by Gasteiger charge is 2.20. The molecule has 0 aromatic heterocycles. The largest absolute Gasteiger partial charge is 0.488 e. The van der Waals surface area contributed by atoms with Crippen molar-refractivity contribution in [2.75, 3.05) is 18.0 Å². The monoisotopic (exact) mass is 191 g/mol. The summed E-state index contributed by atoms with van der Waals surface area (Å²) in [6.45, 7) is 4.18. The maximum Gasteiger partial charge on any atom is 0.488 e. The van der Waals surface area contributed by atoms with E-state index in [-0.39, 0.29) is 0 Å². The van der Waals surface area contributed by atoms with Gasteiger partial charge in [0.2, 0.25) is 0 Å². The van der Waals surface area contributed by atoms with Crippen LogP contribution in [0.4, 0.5) is 5.69 Å². The predicted octanol–water partition coefficient (Wildman–Crippen LogP) is -0.251. The quantitative estimate of drug-likeness (QED) is 0.633. The van der Waals surface area contributed by atoms with Crippen LogP contribution < -0.4 is 10.4 Å². The number of nitrogens with zero attached hydrogens (tertiary/aromatic N) is 1. The fraction of sp³-hybridized carbons (Fsp3) is 0.400. The van der Waals surface area contributed by atoms with E-state index in [0.717, 1.165) is 19.5 Å². The van der Waals surface area contributed by atoms with Crippen molar-refractivity contribution in [2.24, 2.45) is 0 Å². The maximum absolute atomic E-state index is 9.02. The lowest BCUT2D eigenvalue weighted by Gasteiger charge is -2.16. The Morgan fingerprint density at radius 2 is 2.21 bits per heavy atom. The summed E-state index contributed by atoms with van der Waals surface area (Å²) in [6, 6.07) is 5.63. The Labute approximate surface area is 84.1 Å². The number of benzene rings is 1. The van der Waals surface area contributed by atoms with Crippen LogP contribution in [-0.4, -0.2) is 30.3 Å². The molecule has 0 unspecified atom stereocenters. The first-order valence-electron chi connectivity index (χ1n) is 4.96. The van der Waals surface area contributed by atoms with E-state index in [0.29, 0.717) is 5.46 Å². The van der Waals surface area contributed by atoms with Gasteiger partial charge in [0.25, 0.3) is 0 Å². The van der Waals surface area contributed by atoms with E-state index in [1.807, 2.05) is 12.1 Å². The van der Waals surface area contributed by atoms with Gasteiger partial charge in [-0.05, 0) is 30.4 Å². The Balaban J connectivity index is 2.34. The summed E-state index contributed by atoms with van der Waals surface area (Å²) in [7, 11) is -1.35. The van der Waals surface area contributed by atoms with E-state index in [4.69, 9.17) is 10.0 Å². The molecule has 1 aromatic rings. The average Bonchev–Trinajstić information content (AvgIpc) is 2.59. The van der Waals surface area contributed by atoms with Crippen molar-refractivity contribution in [2.45, 2.75) is 13.3 Å². The second kappa shape index (κ2) is 3.63. The highest BCUT2D eigenvalue weighted by Crippen LogP contribution is 2.26. The smallest absolute Gasteiger partial charge is 0.423 e. The summed E-state index contributed by atoms with van der Waals surface area (Å²) in [5, 5.41) is 18.0. The van der Waals surface area contributed by atoms with Gasteiger partial charge in [0.1, 0.15) is 0 Å². The molecule has 0 spiro atoms. The Hall–Kier alpha value is -0.995. The third-order valence-electron chi connectivity index (χ3n) is 2.78. The fourth-order valence-electron chi connectivity index (χ4n) is 1.98. The topological polar surface area (TPSA) is 43.7 Å². The van der Waals surface area contributed by atoms with E-state index in [2.05, 4.69) is 11.8 Å².